The number of urea groups is 1. The van der Waals surface area contributed by atoms with Crippen LogP contribution in [0.4, 0.5) is 19.3 Å². The summed E-state index contributed by atoms with van der Waals surface area (Å²) < 4.78 is 44.5. The van der Waals surface area contributed by atoms with Crippen molar-refractivity contribution in [2.45, 2.75) is 39.0 Å². The van der Waals surface area contributed by atoms with Crippen molar-refractivity contribution in [3.63, 3.8) is 0 Å². The van der Waals surface area contributed by atoms with Crippen LogP contribution in [0.25, 0.3) is 11.0 Å². The molecule has 0 saturated heterocycles. The van der Waals surface area contributed by atoms with E-state index in [1.165, 1.54) is 12.3 Å². The van der Waals surface area contributed by atoms with Crippen LogP contribution in [-0.2, 0) is 25.1 Å². The van der Waals surface area contributed by atoms with Crippen molar-refractivity contribution in [1.29, 1.82) is 5.26 Å². The number of benzene rings is 1. The molecule has 0 spiro atoms. The van der Waals surface area contributed by atoms with Crippen molar-refractivity contribution >= 4 is 30.8 Å². The lowest BCUT2D eigenvalue weighted by atomic mass is 10.2. The Morgan fingerprint density at radius 1 is 1.21 bits per heavy atom. The highest BCUT2D eigenvalue weighted by Gasteiger charge is 2.20. The number of aryl methyl sites for hydroxylation is 1. The summed E-state index contributed by atoms with van der Waals surface area (Å²) in [5, 5.41) is 19.1. The van der Waals surface area contributed by atoms with Crippen molar-refractivity contribution in [3.8, 4) is 17.6 Å². The van der Waals surface area contributed by atoms with Gasteiger partial charge in [-0.1, -0.05) is 19.6 Å². The Balaban J connectivity index is 1.49. The first-order valence-corrected chi connectivity index (χ1v) is 15.9. The Hall–Kier alpha value is -4.28. The van der Waals surface area contributed by atoms with Gasteiger partial charge in [0, 0.05) is 58.1 Å². The summed E-state index contributed by atoms with van der Waals surface area (Å²) >= 11 is 0. The van der Waals surface area contributed by atoms with E-state index in [-0.39, 0.29) is 30.3 Å². The predicted octanol–water partition coefficient (Wildman–Crippen LogP) is 5.35. The Kier molecular flexibility index (Phi) is 8.27. The van der Waals surface area contributed by atoms with Gasteiger partial charge < -0.3 is 24.7 Å². The second kappa shape index (κ2) is 11.6. The Morgan fingerprint density at radius 2 is 1.95 bits per heavy atom. The highest BCUT2D eigenvalue weighted by atomic mass is 28.3. The summed E-state index contributed by atoms with van der Waals surface area (Å²) in [6.07, 6.45) is 4.73. The molecular weight excluding hydrogens is 524 g/mol. The average Bonchev–Trinajstić information content (AvgIpc) is 3.45. The zero-order chi connectivity index (χ0) is 28.2. The number of ether oxygens (including phenoxy) is 2. The van der Waals surface area contributed by atoms with Crippen molar-refractivity contribution in [2.24, 2.45) is 7.05 Å². The van der Waals surface area contributed by atoms with Crippen LogP contribution < -0.4 is 15.4 Å². The molecule has 0 atom stereocenters. The molecule has 13 heteroatoms. The van der Waals surface area contributed by atoms with Crippen LogP contribution in [0.5, 0.6) is 11.5 Å². The Labute approximate surface area is 225 Å². The molecule has 10 nitrogen and oxygen atoms in total. The van der Waals surface area contributed by atoms with E-state index in [0.717, 1.165) is 18.2 Å². The van der Waals surface area contributed by atoms with Gasteiger partial charge in [-0.25, -0.2) is 18.6 Å². The number of nitrogens with one attached hydrogen (secondary N) is 2. The van der Waals surface area contributed by atoms with Crippen LogP contribution in [0.1, 0.15) is 11.3 Å². The molecule has 0 aliphatic carbocycles. The van der Waals surface area contributed by atoms with E-state index >= 15 is 0 Å². The van der Waals surface area contributed by atoms with Crippen LogP contribution in [0, 0.1) is 23.0 Å². The van der Waals surface area contributed by atoms with Crippen LogP contribution in [0.3, 0.4) is 0 Å². The zero-order valence-corrected chi connectivity index (χ0v) is 23.1. The van der Waals surface area contributed by atoms with Gasteiger partial charge in [-0.05, 0) is 18.2 Å². The number of halogens is 2. The first-order valence-electron chi connectivity index (χ1n) is 12.2. The molecule has 3 aromatic heterocycles. The summed E-state index contributed by atoms with van der Waals surface area (Å²) in [5.74, 6) is -2.69. The van der Waals surface area contributed by atoms with E-state index in [0.29, 0.717) is 23.3 Å². The highest BCUT2D eigenvalue weighted by molar-refractivity contribution is 6.76. The zero-order valence-electron chi connectivity index (χ0n) is 22.1. The highest BCUT2D eigenvalue weighted by Crippen LogP contribution is 2.35. The third-order valence-electron chi connectivity index (χ3n) is 5.73. The number of fused-ring (bicyclic) bond motifs is 1. The van der Waals surface area contributed by atoms with Gasteiger partial charge in [-0.15, -0.1) is 0 Å². The van der Waals surface area contributed by atoms with Gasteiger partial charge in [-0.2, -0.15) is 10.4 Å². The van der Waals surface area contributed by atoms with Crippen LogP contribution >= 0.6 is 0 Å². The SMILES string of the molecule is Cn1ccc(CNC(=O)Nc2cc(F)c(Oc3ccnc4c3c(C#N)cn4COCC[Si](C)(C)C)c(F)c2)n1. The molecule has 1 aromatic carbocycles. The Bertz CT molecular complexity index is 1520. The maximum atomic E-state index is 14.9. The molecule has 4 aromatic rings. The number of anilines is 1. The van der Waals surface area contributed by atoms with Gasteiger partial charge in [-0.3, -0.25) is 4.68 Å². The summed E-state index contributed by atoms with van der Waals surface area (Å²) in [6.45, 7) is 7.64. The molecule has 2 amide bonds. The topological polar surface area (TPSA) is 119 Å². The first kappa shape index (κ1) is 27.7. The molecule has 0 bridgehead atoms. The predicted molar refractivity (Wildman–Crippen MR) is 144 cm³/mol. The van der Waals surface area contributed by atoms with Crippen LogP contribution in [0.2, 0.25) is 25.7 Å². The minimum atomic E-state index is -1.27. The molecule has 4 rings (SSSR count). The molecule has 0 aliphatic heterocycles. The van der Waals surface area contributed by atoms with Crippen molar-refractivity contribution in [2.75, 3.05) is 11.9 Å². The van der Waals surface area contributed by atoms with E-state index in [9.17, 15) is 18.8 Å². The third-order valence-corrected chi connectivity index (χ3v) is 7.44. The molecule has 204 valence electrons. The summed E-state index contributed by atoms with van der Waals surface area (Å²) in [4.78, 5) is 16.5. The fraction of sp³-hybridized carbons (Fsp3) is 0.308. The summed E-state index contributed by atoms with van der Waals surface area (Å²) in [7, 11) is 0.479. The minimum absolute atomic E-state index is 0.0593. The maximum absolute atomic E-state index is 14.9. The van der Waals surface area contributed by atoms with Crippen molar-refractivity contribution in [1.82, 2.24) is 24.6 Å². The van der Waals surface area contributed by atoms with E-state index in [2.05, 4.69) is 46.4 Å². The van der Waals surface area contributed by atoms with E-state index in [4.69, 9.17) is 9.47 Å². The number of amides is 2. The van der Waals surface area contributed by atoms with Gasteiger partial charge >= 0.3 is 6.03 Å². The van der Waals surface area contributed by atoms with Gasteiger partial charge in [0.25, 0.3) is 0 Å². The molecule has 3 heterocycles. The number of aromatic nitrogens is 4. The van der Waals surface area contributed by atoms with E-state index < -0.39 is 31.5 Å². The average molecular weight is 554 g/mol. The monoisotopic (exact) mass is 553 g/mol. The summed E-state index contributed by atoms with van der Waals surface area (Å²) in [5.41, 5.74) is 1.14. The third kappa shape index (κ3) is 6.98. The lowest BCUT2D eigenvalue weighted by Crippen LogP contribution is -2.28. The first-order chi connectivity index (χ1) is 18.5. The van der Waals surface area contributed by atoms with E-state index in [1.807, 2.05) is 0 Å². The number of nitrogens with zero attached hydrogens (tertiary/aromatic N) is 5. The molecule has 0 unspecified atom stereocenters. The number of rotatable bonds is 10. The number of carbonyl (C=O) groups is 1. The normalized spacial score (nSPS) is 11.4. The lowest BCUT2D eigenvalue weighted by Gasteiger charge is -2.15. The minimum Gasteiger partial charge on any atom is -0.450 e. The number of pyridine rings is 1. The lowest BCUT2D eigenvalue weighted by molar-refractivity contribution is 0.0898. The number of carbonyl (C=O) groups excluding carboxylic acids is 1. The largest absolute Gasteiger partial charge is 0.450 e. The van der Waals surface area contributed by atoms with Crippen molar-refractivity contribution in [3.05, 3.63) is 65.7 Å². The molecule has 0 radical (unpaired) electrons. The van der Waals surface area contributed by atoms with Gasteiger partial charge in [0.05, 0.1) is 23.2 Å². The molecular formula is C26H29F2N7O3Si. The number of hydrogen-bond donors (Lipinski definition) is 2. The molecule has 2 N–H and O–H groups in total. The standard InChI is InChI=1S/C26H29F2N7O3Si/c1-34-8-6-18(33-34)14-31-26(36)32-19-11-20(27)24(21(28)12-19)38-22-5-7-30-25-23(22)17(13-29)15-35(25)16-37-9-10-39(2,3)4/h5-8,11-12,15H,9-10,14,16H2,1-4H3,(H2,31,32,36). The van der Waals surface area contributed by atoms with E-state index in [1.54, 1.807) is 34.8 Å². The summed E-state index contributed by atoms with van der Waals surface area (Å²) in [6, 6.07) is 7.45. The van der Waals surface area contributed by atoms with Crippen LogP contribution in [0.15, 0.2) is 42.9 Å². The number of nitriles is 1. The molecule has 0 fully saturated rings. The van der Waals surface area contributed by atoms with Gasteiger partial charge in [0.1, 0.15) is 24.2 Å². The second-order valence-electron chi connectivity index (χ2n) is 10.1. The van der Waals surface area contributed by atoms with Crippen molar-refractivity contribution < 1.29 is 23.0 Å². The maximum Gasteiger partial charge on any atom is 0.319 e. The fourth-order valence-corrected chi connectivity index (χ4v) is 4.50. The Morgan fingerprint density at radius 3 is 2.59 bits per heavy atom. The molecule has 0 aliphatic rings. The molecule has 0 saturated carbocycles. The second-order valence-corrected chi connectivity index (χ2v) is 15.8. The molecule has 39 heavy (non-hydrogen) atoms. The van der Waals surface area contributed by atoms with Gasteiger partial charge in [0.2, 0.25) is 0 Å². The van der Waals surface area contributed by atoms with Crippen LogP contribution in [-0.4, -0.2) is 40.0 Å². The van der Waals surface area contributed by atoms with Gasteiger partial charge in [0.15, 0.2) is 17.4 Å². The smallest absolute Gasteiger partial charge is 0.319 e. The number of hydrogen-bond acceptors (Lipinski definition) is 6. The quantitative estimate of drug-likeness (QED) is 0.202. The fourth-order valence-electron chi connectivity index (χ4n) is 3.74.